The Balaban J connectivity index is 1.60. The van der Waals surface area contributed by atoms with Gasteiger partial charge in [0.25, 0.3) is 0 Å². The fourth-order valence-electron chi connectivity index (χ4n) is 3.58. The Bertz CT molecular complexity index is 581. The highest BCUT2D eigenvalue weighted by atomic mass is 35.5. The number of carbonyl (C=O) groups is 1. The molecule has 3 atom stereocenters. The number of anilines is 1. The first-order chi connectivity index (χ1) is 11.1. The van der Waals surface area contributed by atoms with Gasteiger partial charge in [-0.3, -0.25) is 4.79 Å². The molecule has 1 aromatic rings. The highest BCUT2D eigenvalue weighted by Gasteiger charge is 2.31. The zero-order chi connectivity index (χ0) is 16.4. The van der Waals surface area contributed by atoms with E-state index in [2.05, 4.69) is 10.2 Å². The molecule has 1 aliphatic heterocycles. The first-order valence-electron chi connectivity index (χ1n) is 8.21. The van der Waals surface area contributed by atoms with Crippen molar-refractivity contribution in [3.05, 3.63) is 23.2 Å². The SMILES string of the molecule is COc1ccc(Cl)cc1N1CCC(NC(=O)C2CCC(N)C2)C1. The van der Waals surface area contributed by atoms with Crippen LogP contribution in [0.5, 0.6) is 5.75 Å². The zero-order valence-electron chi connectivity index (χ0n) is 13.4. The number of benzene rings is 1. The number of rotatable bonds is 4. The van der Waals surface area contributed by atoms with E-state index in [1.165, 1.54) is 0 Å². The number of nitrogens with two attached hydrogens (primary N) is 1. The van der Waals surface area contributed by atoms with Crippen molar-refractivity contribution >= 4 is 23.2 Å². The molecule has 1 saturated heterocycles. The molecule has 1 saturated carbocycles. The average molecular weight is 338 g/mol. The van der Waals surface area contributed by atoms with Crippen LogP contribution in [0.1, 0.15) is 25.7 Å². The summed E-state index contributed by atoms with van der Waals surface area (Å²) in [7, 11) is 1.66. The summed E-state index contributed by atoms with van der Waals surface area (Å²) >= 11 is 6.11. The minimum atomic E-state index is 0.0831. The predicted octanol–water partition coefficient (Wildman–Crippen LogP) is 2.17. The maximum Gasteiger partial charge on any atom is 0.223 e. The molecule has 23 heavy (non-hydrogen) atoms. The van der Waals surface area contributed by atoms with E-state index in [1.807, 2.05) is 18.2 Å². The molecule has 3 N–H and O–H groups in total. The van der Waals surface area contributed by atoms with Crippen LogP contribution >= 0.6 is 11.6 Å². The summed E-state index contributed by atoms with van der Waals surface area (Å²) in [6.07, 6.45) is 3.60. The van der Waals surface area contributed by atoms with Crippen molar-refractivity contribution in [2.24, 2.45) is 11.7 Å². The topological polar surface area (TPSA) is 67.6 Å². The minimum absolute atomic E-state index is 0.0831. The first kappa shape index (κ1) is 16.4. The standard InChI is InChI=1S/C17H24ClN3O2/c1-23-16-5-3-12(18)9-15(16)21-7-6-14(10-21)20-17(22)11-2-4-13(19)8-11/h3,5,9,11,13-14H,2,4,6-8,10,19H2,1H3,(H,20,22). The van der Waals surface area contributed by atoms with E-state index in [0.717, 1.165) is 50.2 Å². The van der Waals surface area contributed by atoms with Crippen LogP contribution in [0.3, 0.4) is 0 Å². The lowest BCUT2D eigenvalue weighted by molar-refractivity contribution is -0.125. The molecule has 1 heterocycles. The summed E-state index contributed by atoms with van der Waals surface area (Å²) in [6, 6.07) is 5.97. The van der Waals surface area contributed by atoms with Crippen molar-refractivity contribution < 1.29 is 9.53 Å². The lowest BCUT2D eigenvalue weighted by atomic mass is 10.1. The average Bonchev–Trinajstić information content (AvgIpc) is 3.16. The van der Waals surface area contributed by atoms with E-state index < -0.39 is 0 Å². The van der Waals surface area contributed by atoms with Gasteiger partial charge < -0.3 is 20.7 Å². The van der Waals surface area contributed by atoms with Crippen LogP contribution < -0.4 is 20.7 Å². The molecule has 2 fully saturated rings. The number of hydrogen-bond acceptors (Lipinski definition) is 4. The van der Waals surface area contributed by atoms with Gasteiger partial charge in [0.1, 0.15) is 5.75 Å². The number of halogens is 1. The summed E-state index contributed by atoms with van der Waals surface area (Å²) in [5.41, 5.74) is 6.89. The van der Waals surface area contributed by atoms with Gasteiger partial charge >= 0.3 is 0 Å². The Morgan fingerprint density at radius 1 is 1.39 bits per heavy atom. The summed E-state index contributed by atoms with van der Waals surface area (Å²) < 4.78 is 5.42. The molecule has 0 bridgehead atoms. The fraction of sp³-hybridized carbons (Fsp3) is 0.588. The van der Waals surface area contributed by atoms with E-state index in [1.54, 1.807) is 7.11 Å². The highest BCUT2D eigenvalue weighted by molar-refractivity contribution is 6.30. The van der Waals surface area contributed by atoms with Crippen LogP contribution in [0.15, 0.2) is 18.2 Å². The van der Waals surface area contributed by atoms with Crippen molar-refractivity contribution in [1.82, 2.24) is 5.32 Å². The maximum atomic E-state index is 12.3. The molecule has 5 nitrogen and oxygen atoms in total. The van der Waals surface area contributed by atoms with Crippen LogP contribution in [0.4, 0.5) is 5.69 Å². The molecular formula is C17H24ClN3O2. The number of methoxy groups -OCH3 is 1. The van der Waals surface area contributed by atoms with Crippen LogP contribution in [-0.2, 0) is 4.79 Å². The highest BCUT2D eigenvalue weighted by Crippen LogP contribution is 2.33. The monoisotopic (exact) mass is 337 g/mol. The molecule has 1 aromatic carbocycles. The molecule has 0 spiro atoms. The molecule has 3 unspecified atom stereocenters. The van der Waals surface area contributed by atoms with Gasteiger partial charge in [-0.25, -0.2) is 0 Å². The number of nitrogens with zero attached hydrogens (tertiary/aromatic N) is 1. The fourth-order valence-corrected chi connectivity index (χ4v) is 3.75. The smallest absolute Gasteiger partial charge is 0.223 e. The van der Waals surface area contributed by atoms with E-state index >= 15 is 0 Å². The number of amides is 1. The van der Waals surface area contributed by atoms with Gasteiger partial charge in [0.05, 0.1) is 12.8 Å². The Labute approximate surface area is 142 Å². The van der Waals surface area contributed by atoms with E-state index in [0.29, 0.717) is 5.02 Å². The van der Waals surface area contributed by atoms with Gasteiger partial charge in [-0.1, -0.05) is 11.6 Å². The van der Waals surface area contributed by atoms with Gasteiger partial charge in [-0.15, -0.1) is 0 Å². The Morgan fingerprint density at radius 2 is 2.22 bits per heavy atom. The molecule has 1 aliphatic carbocycles. The summed E-state index contributed by atoms with van der Waals surface area (Å²) in [5.74, 6) is 1.05. The first-order valence-corrected chi connectivity index (χ1v) is 8.59. The third kappa shape index (κ3) is 3.72. The second-order valence-corrected chi connectivity index (χ2v) is 6.96. The zero-order valence-corrected chi connectivity index (χ0v) is 14.2. The summed E-state index contributed by atoms with van der Waals surface area (Å²) in [5, 5.41) is 3.87. The number of nitrogens with one attached hydrogen (secondary N) is 1. The van der Waals surface area contributed by atoms with Gasteiger partial charge in [0.2, 0.25) is 5.91 Å². The lowest BCUT2D eigenvalue weighted by Crippen LogP contribution is -2.40. The van der Waals surface area contributed by atoms with Gasteiger partial charge in [0.15, 0.2) is 0 Å². The van der Waals surface area contributed by atoms with Crippen LogP contribution in [0.2, 0.25) is 5.02 Å². The molecule has 3 rings (SSSR count). The van der Waals surface area contributed by atoms with E-state index in [4.69, 9.17) is 22.1 Å². The van der Waals surface area contributed by atoms with E-state index in [-0.39, 0.29) is 23.9 Å². The normalized spacial score (nSPS) is 27.3. The Kier molecular flexibility index (Phi) is 4.97. The van der Waals surface area contributed by atoms with Crippen molar-refractivity contribution in [1.29, 1.82) is 0 Å². The van der Waals surface area contributed by atoms with Crippen molar-refractivity contribution in [3.63, 3.8) is 0 Å². The van der Waals surface area contributed by atoms with Gasteiger partial charge in [-0.2, -0.15) is 0 Å². The predicted molar refractivity (Wildman–Crippen MR) is 92.1 cm³/mol. The third-order valence-electron chi connectivity index (χ3n) is 4.86. The number of ether oxygens (including phenoxy) is 1. The van der Waals surface area contributed by atoms with Crippen LogP contribution in [-0.4, -0.2) is 38.2 Å². The maximum absolute atomic E-state index is 12.3. The second kappa shape index (κ2) is 6.97. The van der Waals surface area contributed by atoms with E-state index in [9.17, 15) is 4.79 Å². The number of carbonyl (C=O) groups excluding carboxylic acids is 1. The third-order valence-corrected chi connectivity index (χ3v) is 5.10. The molecule has 1 amide bonds. The molecule has 126 valence electrons. The van der Waals surface area contributed by atoms with Crippen LogP contribution in [0, 0.1) is 5.92 Å². The van der Waals surface area contributed by atoms with Crippen LogP contribution in [0.25, 0.3) is 0 Å². The molecule has 2 aliphatic rings. The lowest BCUT2D eigenvalue weighted by Gasteiger charge is -2.22. The van der Waals surface area contributed by atoms with Crippen molar-refractivity contribution in [2.75, 3.05) is 25.1 Å². The van der Waals surface area contributed by atoms with Gasteiger partial charge in [0, 0.05) is 36.1 Å². The molecule has 6 heteroatoms. The van der Waals surface area contributed by atoms with Crippen molar-refractivity contribution in [2.45, 2.75) is 37.8 Å². The Hall–Kier alpha value is -1.46. The molecule has 0 aromatic heterocycles. The molecular weight excluding hydrogens is 314 g/mol. The largest absolute Gasteiger partial charge is 0.495 e. The molecule has 0 radical (unpaired) electrons. The second-order valence-electron chi connectivity index (χ2n) is 6.53. The summed E-state index contributed by atoms with van der Waals surface area (Å²) in [4.78, 5) is 14.6. The summed E-state index contributed by atoms with van der Waals surface area (Å²) in [6.45, 7) is 1.66. The Morgan fingerprint density at radius 3 is 2.91 bits per heavy atom. The van der Waals surface area contributed by atoms with Gasteiger partial charge in [-0.05, 0) is 43.9 Å². The minimum Gasteiger partial charge on any atom is -0.495 e. The quantitative estimate of drug-likeness (QED) is 0.883. The number of hydrogen-bond donors (Lipinski definition) is 2. The van der Waals surface area contributed by atoms with Crippen molar-refractivity contribution in [3.8, 4) is 5.75 Å².